The largest absolute Gasteiger partial charge is 0.465 e. The van der Waals surface area contributed by atoms with Gasteiger partial charge < -0.3 is 20.6 Å². The van der Waals surface area contributed by atoms with E-state index in [0.29, 0.717) is 12.1 Å². The maximum Gasteiger partial charge on any atom is 0.416 e. The van der Waals surface area contributed by atoms with Gasteiger partial charge in [-0.15, -0.1) is 0 Å². The van der Waals surface area contributed by atoms with E-state index in [1.165, 1.54) is 4.90 Å². The second kappa shape index (κ2) is 11.1. The van der Waals surface area contributed by atoms with Crippen LogP contribution in [0.25, 0.3) is 0 Å². The highest BCUT2D eigenvalue weighted by Gasteiger charge is 2.39. The number of likely N-dealkylation sites (tertiary alicyclic amines) is 1. The van der Waals surface area contributed by atoms with E-state index in [1.807, 2.05) is 5.32 Å². The fraction of sp³-hybridized carbons (Fsp3) is 0.375. The minimum absolute atomic E-state index is 0.0365. The van der Waals surface area contributed by atoms with Crippen molar-refractivity contribution in [2.75, 3.05) is 13.1 Å². The summed E-state index contributed by atoms with van der Waals surface area (Å²) in [5, 5.41) is 13.2. The first-order valence-electron chi connectivity index (χ1n) is 11.1. The molecule has 3 amide bonds. The van der Waals surface area contributed by atoms with Crippen molar-refractivity contribution >= 4 is 17.9 Å². The summed E-state index contributed by atoms with van der Waals surface area (Å²) < 4.78 is 79.9. The Morgan fingerprint density at radius 1 is 0.946 bits per heavy atom. The Balaban J connectivity index is 1.89. The summed E-state index contributed by atoms with van der Waals surface area (Å²) in [5.74, 6) is -1.60. The van der Waals surface area contributed by atoms with Crippen molar-refractivity contribution < 1.29 is 45.8 Å². The Hall–Kier alpha value is -3.77. The van der Waals surface area contributed by atoms with Crippen molar-refractivity contribution in [1.29, 1.82) is 0 Å². The normalized spacial score (nSPS) is 18.3. The van der Waals surface area contributed by atoms with E-state index in [4.69, 9.17) is 5.11 Å². The number of alkyl halides is 6. The molecule has 0 aromatic heterocycles. The highest BCUT2D eigenvalue weighted by Crippen LogP contribution is 2.37. The number of nitrogens with zero attached hydrogens (tertiary/aromatic N) is 1. The number of nitrogens with one attached hydrogen (secondary N) is 2. The lowest BCUT2D eigenvalue weighted by Crippen LogP contribution is -2.53. The Labute approximate surface area is 207 Å². The number of halogens is 6. The monoisotopic (exact) mass is 531 g/mol. The predicted octanol–water partition coefficient (Wildman–Crippen LogP) is 4.32. The van der Waals surface area contributed by atoms with E-state index in [2.05, 4.69) is 5.32 Å². The fourth-order valence-electron chi connectivity index (χ4n) is 4.21. The Bertz CT molecular complexity index is 1110. The molecular formula is C24H23F6N3O4. The average molecular weight is 531 g/mol. The molecule has 2 atom stereocenters. The van der Waals surface area contributed by atoms with E-state index >= 15 is 0 Å². The summed E-state index contributed by atoms with van der Waals surface area (Å²) in [4.78, 5) is 37.2. The van der Waals surface area contributed by atoms with Crippen LogP contribution in [0.2, 0.25) is 0 Å². The molecule has 3 rings (SSSR count). The van der Waals surface area contributed by atoms with Crippen molar-refractivity contribution in [2.45, 2.75) is 43.7 Å². The summed E-state index contributed by atoms with van der Waals surface area (Å²) in [6.45, 7) is -0.548. The second-order valence-electron chi connectivity index (χ2n) is 8.58. The smallest absolute Gasteiger partial charge is 0.416 e. The van der Waals surface area contributed by atoms with Gasteiger partial charge >= 0.3 is 18.4 Å². The zero-order chi connectivity index (χ0) is 27.4. The summed E-state index contributed by atoms with van der Waals surface area (Å²) in [5.41, 5.74) is -3.14. The molecule has 2 unspecified atom stereocenters. The van der Waals surface area contributed by atoms with Gasteiger partial charge in [-0.1, -0.05) is 30.3 Å². The molecule has 0 saturated carbocycles. The van der Waals surface area contributed by atoms with E-state index in [0.717, 1.165) is 5.56 Å². The molecule has 0 spiro atoms. The standard InChI is InChI=1S/C24H23F6N3O4/c25-23(26,27)16-9-15(10-17(11-16)24(28,29)30)21(35)33-7-6-18(32-20(34)13-31-22(36)37)12-19(33)8-14-4-2-1-3-5-14/h1-5,9-11,18-19,31H,6-8,12-13H2,(H,32,34)(H,36,37). The van der Waals surface area contributed by atoms with Crippen molar-refractivity contribution in [1.82, 2.24) is 15.5 Å². The first kappa shape index (κ1) is 27.8. The molecular weight excluding hydrogens is 508 g/mol. The molecule has 1 saturated heterocycles. The van der Waals surface area contributed by atoms with Crippen LogP contribution >= 0.6 is 0 Å². The number of piperidine rings is 1. The number of benzene rings is 2. The molecule has 7 nitrogen and oxygen atoms in total. The van der Waals surface area contributed by atoms with Crippen LogP contribution in [0.3, 0.4) is 0 Å². The van der Waals surface area contributed by atoms with Crippen molar-refractivity contribution in [3.63, 3.8) is 0 Å². The van der Waals surface area contributed by atoms with Crippen molar-refractivity contribution in [2.24, 2.45) is 0 Å². The van der Waals surface area contributed by atoms with Crippen LogP contribution in [0, 0.1) is 0 Å². The summed E-state index contributed by atoms with van der Waals surface area (Å²) in [6.07, 6.45) is -11.0. The van der Waals surface area contributed by atoms with E-state index in [-0.39, 0.29) is 31.9 Å². The highest BCUT2D eigenvalue weighted by molar-refractivity contribution is 5.95. The first-order chi connectivity index (χ1) is 17.2. The minimum Gasteiger partial charge on any atom is -0.465 e. The second-order valence-corrected chi connectivity index (χ2v) is 8.58. The third kappa shape index (κ3) is 7.61. The summed E-state index contributed by atoms with van der Waals surface area (Å²) in [7, 11) is 0. The van der Waals surface area contributed by atoms with Crippen molar-refractivity contribution in [3.8, 4) is 0 Å². The van der Waals surface area contributed by atoms with Crippen LogP contribution in [0.1, 0.15) is 39.9 Å². The zero-order valence-corrected chi connectivity index (χ0v) is 19.2. The molecule has 13 heteroatoms. The maximum absolute atomic E-state index is 13.3. The van der Waals surface area contributed by atoms with Gasteiger partial charge in [0.05, 0.1) is 17.7 Å². The quantitative estimate of drug-likeness (QED) is 0.484. The third-order valence-electron chi connectivity index (χ3n) is 5.89. The number of amides is 3. The Morgan fingerprint density at radius 3 is 2.08 bits per heavy atom. The van der Waals surface area contributed by atoms with Gasteiger partial charge in [0.15, 0.2) is 0 Å². The van der Waals surface area contributed by atoms with Gasteiger partial charge in [-0.3, -0.25) is 9.59 Å². The molecule has 200 valence electrons. The average Bonchev–Trinajstić information content (AvgIpc) is 2.82. The molecule has 1 aliphatic rings. The first-order valence-corrected chi connectivity index (χ1v) is 11.1. The van der Waals surface area contributed by atoms with Crippen LogP contribution in [0.5, 0.6) is 0 Å². The Kier molecular flexibility index (Phi) is 8.34. The molecule has 0 bridgehead atoms. The molecule has 1 aliphatic heterocycles. The number of hydrogen-bond acceptors (Lipinski definition) is 3. The minimum atomic E-state index is -5.10. The molecule has 37 heavy (non-hydrogen) atoms. The molecule has 1 fully saturated rings. The molecule has 1 heterocycles. The van der Waals surface area contributed by atoms with Gasteiger partial charge in [-0.25, -0.2) is 4.79 Å². The van der Waals surface area contributed by atoms with Gasteiger partial charge in [-0.2, -0.15) is 26.3 Å². The van der Waals surface area contributed by atoms with E-state index < -0.39 is 65.6 Å². The van der Waals surface area contributed by atoms with Crippen molar-refractivity contribution in [3.05, 3.63) is 70.8 Å². The van der Waals surface area contributed by atoms with Crippen LogP contribution in [-0.4, -0.2) is 53.1 Å². The lowest BCUT2D eigenvalue weighted by atomic mass is 9.91. The Morgan fingerprint density at radius 2 is 1.54 bits per heavy atom. The molecule has 2 aromatic carbocycles. The van der Waals surface area contributed by atoms with Crippen LogP contribution < -0.4 is 10.6 Å². The molecule has 0 aliphatic carbocycles. The van der Waals surface area contributed by atoms with E-state index in [9.17, 15) is 40.7 Å². The van der Waals surface area contributed by atoms with Gasteiger partial charge in [0.25, 0.3) is 5.91 Å². The third-order valence-corrected chi connectivity index (χ3v) is 5.89. The predicted molar refractivity (Wildman–Crippen MR) is 119 cm³/mol. The lowest BCUT2D eigenvalue weighted by molar-refractivity contribution is -0.143. The molecule has 2 aromatic rings. The number of hydrogen-bond donors (Lipinski definition) is 3. The summed E-state index contributed by atoms with van der Waals surface area (Å²) >= 11 is 0. The van der Waals surface area contributed by atoms with Gasteiger partial charge in [-0.05, 0) is 43.0 Å². The highest BCUT2D eigenvalue weighted by atomic mass is 19.4. The van der Waals surface area contributed by atoms with E-state index in [1.54, 1.807) is 30.3 Å². The van der Waals surface area contributed by atoms with Crippen LogP contribution in [0.4, 0.5) is 31.1 Å². The summed E-state index contributed by atoms with van der Waals surface area (Å²) in [6, 6.07) is 8.37. The van der Waals surface area contributed by atoms with Gasteiger partial charge in [0.2, 0.25) is 5.91 Å². The SMILES string of the molecule is O=C(O)NCC(=O)NC1CCN(C(=O)c2cc(C(F)(F)F)cc(C(F)(F)F)c2)C(Cc2ccccc2)C1. The van der Waals surface area contributed by atoms with Gasteiger partial charge in [0.1, 0.15) is 0 Å². The number of rotatable bonds is 6. The van der Waals surface area contributed by atoms with Crippen LogP contribution in [-0.2, 0) is 23.6 Å². The maximum atomic E-state index is 13.3. The fourth-order valence-corrected chi connectivity index (χ4v) is 4.21. The molecule has 0 radical (unpaired) electrons. The number of carbonyl (C=O) groups is 3. The lowest BCUT2D eigenvalue weighted by Gasteiger charge is -2.40. The zero-order valence-electron chi connectivity index (χ0n) is 19.2. The van der Waals surface area contributed by atoms with Gasteiger partial charge in [0, 0.05) is 24.2 Å². The topological polar surface area (TPSA) is 98.7 Å². The number of carboxylic acid groups (broad SMARTS) is 1. The molecule has 3 N–H and O–H groups in total. The number of carbonyl (C=O) groups excluding carboxylic acids is 2. The van der Waals surface area contributed by atoms with Crippen LogP contribution in [0.15, 0.2) is 48.5 Å².